The molecule has 3 aromatic carbocycles. The van der Waals surface area contributed by atoms with Gasteiger partial charge < -0.3 is 10.5 Å². The van der Waals surface area contributed by atoms with Gasteiger partial charge in [-0.3, -0.25) is 0 Å². The van der Waals surface area contributed by atoms with Crippen LogP contribution in [0.5, 0.6) is 11.5 Å². The molecule has 0 spiro atoms. The first-order valence-corrected chi connectivity index (χ1v) is 9.56. The van der Waals surface area contributed by atoms with E-state index in [4.69, 9.17) is 15.6 Å². The van der Waals surface area contributed by atoms with Crippen LogP contribution >= 0.6 is 0 Å². The highest BCUT2D eigenvalue weighted by Crippen LogP contribution is 2.33. The fraction of sp³-hybridized carbons (Fsp3) is 0. The highest BCUT2D eigenvalue weighted by atomic mass is 16.5. The lowest BCUT2D eigenvalue weighted by atomic mass is 10.1. The Balaban J connectivity index is 1.59. The van der Waals surface area contributed by atoms with Crippen molar-refractivity contribution in [3.8, 4) is 34.5 Å². The summed E-state index contributed by atoms with van der Waals surface area (Å²) in [6, 6.07) is 26.5. The Bertz CT molecular complexity index is 1420. The maximum atomic E-state index is 9.24. The zero-order valence-electron chi connectivity index (χ0n) is 16.3. The van der Waals surface area contributed by atoms with Crippen molar-refractivity contribution < 1.29 is 4.74 Å². The van der Waals surface area contributed by atoms with Gasteiger partial charge in [0.2, 0.25) is 0 Å². The lowest BCUT2D eigenvalue weighted by molar-refractivity contribution is 0.483. The van der Waals surface area contributed by atoms with Crippen LogP contribution in [0.3, 0.4) is 0 Å². The number of hydrogen-bond acceptors (Lipinski definition) is 6. The van der Waals surface area contributed by atoms with Crippen molar-refractivity contribution in [2.45, 2.75) is 0 Å². The van der Waals surface area contributed by atoms with Crippen molar-refractivity contribution in [3.63, 3.8) is 0 Å². The van der Waals surface area contributed by atoms with Gasteiger partial charge in [0.05, 0.1) is 22.7 Å². The molecule has 0 aliphatic carbocycles. The fourth-order valence-electron chi connectivity index (χ4n) is 3.37. The van der Waals surface area contributed by atoms with Crippen molar-refractivity contribution in [2.24, 2.45) is 0 Å². The molecular weight excluding hydrogens is 388 g/mol. The molecule has 0 saturated heterocycles. The lowest BCUT2D eigenvalue weighted by Gasteiger charge is -2.06. The molecule has 0 unspecified atom stereocenters. The number of fused-ring (bicyclic) bond motifs is 1. The number of nitriles is 1. The van der Waals surface area contributed by atoms with E-state index >= 15 is 0 Å². The molecule has 0 fully saturated rings. The molecule has 0 amide bonds. The molecule has 7 heteroatoms. The normalized spacial score (nSPS) is 10.7. The summed E-state index contributed by atoms with van der Waals surface area (Å²) in [6.07, 6.45) is 1.41. The van der Waals surface area contributed by atoms with Crippen molar-refractivity contribution in [2.75, 3.05) is 5.73 Å². The predicted molar refractivity (Wildman–Crippen MR) is 118 cm³/mol. The number of nitrogen functional groups attached to an aromatic ring is 1. The van der Waals surface area contributed by atoms with Gasteiger partial charge in [0, 0.05) is 5.56 Å². The van der Waals surface area contributed by atoms with Crippen molar-refractivity contribution in [3.05, 3.63) is 90.8 Å². The summed E-state index contributed by atoms with van der Waals surface area (Å²) in [5.74, 6) is 1.82. The Morgan fingerprint density at radius 1 is 0.871 bits per heavy atom. The van der Waals surface area contributed by atoms with E-state index in [9.17, 15) is 5.26 Å². The second kappa shape index (κ2) is 7.61. The maximum absolute atomic E-state index is 9.24. The molecule has 31 heavy (non-hydrogen) atoms. The molecule has 0 aliphatic rings. The molecule has 2 heterocycles. The summed E-state index contributed by atoms with van der Waals surface area (Å²) in [5, 5.41) is 14.7. The number of nitrogens with zero attached hydrogens (tertiary/aromatic N) is 5. The summed E-state index contributed by atoms with van der Waals surface area (Å²) in [5.41, 5.74) is 9.52. The number of aromatic nitrogens is 4. The van der Waals surface area contributed by atoms with Crippen LogP contribution in [-0.2, 0) is 0 Å². The van der Waals surface area contributed by atoms with Crippen LogP contribution in [0.4, 0.5) is 5.82 Å². The number of anilines is 1. The van der Waals surface area contributed by atoms with Gasteiger partial charge in [-0.05, 0) is 54.6 Å². The Kier molecular flexibility index (Phi) is 4.50. The van der Waals surface area contributed by atoms with E-state index in [0.717, 1.165) is 17.0 Å². The maximum Gasteiger partial charge on any atom is 0.169 e. The summed E-state index contributed by atoms with van der Waals surface area (Å²) < 4.78 is 7.55. The van der Waals surface area contributed by atoms with E-state index in [2.05, 4.69) is 16.0 Å². The first-order chi connectivity index (χ1) is 15.2. The summed E-state index contributed by atoms with van der Waals surface area (Å²) in [6.45, 7) is 0. The number of hydrogen-bond donors (Lipinski definition) is 1. The van der Waals surface area contributed by atoms with Crippen molar-refractivity contribution in [1.82, 2.24) is 19.7 Å². The number of rotatable bonds is 4. The van der Waals surface area contributed by atoms with E-state index < -0.39 is 0 Å². The quantitative estimate of drug-likeness (QED) is 0.465. The van der Waals surface area contributed by atoms with Crippen molar-refractivity contribution >= 4 is 16.9 Å². The molecule has 0 atom stereocenters. The standard InChI is InChI=1S/C24H16N6O/c25-14-16-5-4-6-18(13-16)30-24-21(23(26)27-15-28-24)22(29-30)17-9-11-20(12-10-17)31-19-7-2-1-3-8-19/h1-13,15H,(H2,26,27,28). The minimum absolute atomic E-state index is 0.340. The van der Waals surface area contributed by atoms with Gasteiger partial charge in [0.1, 0.15) is 29.3 Å². The molecule has 0 aliphatic heterocycles. The molecule has 148 valence electrons. The fourth-order valence-corrected chi connectivity index (χ4v) is 3.37. The van der Waals surface area contributed by atoms with Crippen LogP contribution in [0.15, 0.2) is 85.2 Å². The van der Waals surface area contributed by atoms with E-state index in [1.807, 2.05) is 60.7 Å². The molecule has 5 aromatic rings. The lowest BCUT2D eigenvalue weighted by Crippen LogP contribution is -1.99. The number of ether oxygens (including phenoxy) is 1. The van der Waals surface area contributed by atoms with Crippen LogP contribution in [0.25, 0.3) is 28.0 Å². The third kappa shape index (κ3) is 3.43. The number of nitrogens with two attached hydrogens (primary N) is 1. The Morgan fingerprint density at radius 2 is 1.65 bits per heavy atom. The highest BCUT2D eigenvalue weighted by molar-refractivity contribution is 5.98. The first kappa shape index (κ1) is 18.3. The zero-order chi connectivity index (χ0) is 21.2. The third-order valence-corrected chi connectivity index (χ3v) is 4.82. The largest absolute Gasteiger partial charge is 0.457 e. The van der Waals surface area contributed by atoms with Crippen LogP contribution in [0, 0.1) is 11.3 Å². The minimum Gasteiger partial charge on any atom is -0.457 e. The average Bonchev–Trinajstić information content (AvgIpc) is 3.21. The monoisotopic (exact) mass is 404 g/mol. The number of benzene rings is 3. The van der Waals surface area contributed by atoms with E-state index in [1.165, 1.54) is 6.33 Å². The van der Waals surface area contributed by atoms with Gasteiger partial charge in [0.25, 0.3) is 0 Å². The van der Waals surface area contributed by atoms with Gasteiger partial charge in [-0.1, -0.05) is 24.3 Å². The topological polar surface area (TPSA) is 103 Å². The zero-order valence-corrected chi connectivity index (χ0v) is 16.3. The van der Waals surface area contributed by atoms with Gasteiger partial charge in [-0.15, -0.1) is 0 Å². The minimum atomic E-state index is 0.340. The smallest absolute Gasteiger partial charge is 0.169 e. The SMILES string of the molecule is N#Cc1cccc(-n2nc(-c3ccc(Oc4ccccc4)cc3)c3c(N)ncnc32)c1. The summed E-state index contributed by atoms with van der Waals surface area (Å²) in [4.78, 5) is 8.54. The first-order valence-electron chi connectivity index (χ1n) is 9.56. The molecule has 2 N–H and O–H groups in total. The average molecular weight is 404 g/mol. The Hall–Kier alpha value is -4.70. The van der Waals surface area contributed by atoms with E-state index in [1.54, 1.807) is 22.9 Å². The number of para-hydroxylation sites is 1. The molecule has 7 nitrogen and oxygen atoms in total. The van der Waals surface area contributed by atoms with E-state index in [0.29, 0.717) is 33.9 Å². The van der Waals surface area contributed by atoms with Gasteiger partial charge >= 0.3 is 0 Å². The second-order valence-electron chi connectivity index (χ2n) is 6.82. The molecular formula is C24H16N6O. The summed E-state index contributed by atoms with van der Waals surface area (Å²) in [7, 11) is 0. The third-order valence-electron chi connectivity index (χ3n) is 4.82. The van der Waals surface area contributed by atoms with Crippen LogP contribution in [0.1, 0.15) is 5.56 Å². The second-order valence-corrected chi connectivity index (χ2v) is 6.82. The van der Waals surface area contributed by atoms with Crippen LogP contribution in [-0.4, -0.2) is 19.7 Å². The predicted octanol–water partition coefficient (Wildman–Crippen LogP) is 4.73. The van der Waals surface area contributed by atoms with Crippen LogP contribution < -0.4 is 10.5 Å². The van der Waals surface area contributed by atoms with Crippen LogP contribution in [0.2, 0.25) is 0 Å². The molecule has 0 radical (unpaired) electrons. The molecule has 0 bridgehead atoms. The van der Waals surface area contributed by atoms with E-state index in [-0.39, 0.29) is 0 Å². The molecule has 0 saturated carbocycles. The van der Waals surface area contributed by atoms with Gasteiger partial charge in [0.15, 0.2) is 5.65 Å². The van der Waals surface area contributed by atoms with Gasteiger partial charge in [-0.25, -0.2) is 14.6 Å². The Morgan fingerprint density at radius 3 is 2.42 bits per heavy atom. The molecule has 2 aromatic heterocycles. The van der Waals surface area contributed by atoms with Gasteiger partial charge in [-0.2, -0.15) is 10.4 Å². The molecule has 5 rings (SSSR count). The highest BCUT2D eigenvalue weighted by Gasteiger charge is 2.18. The summed E-state index contributed by atoms with van der Waals surface area (Å²) >= 11 is 0. The Labute approximate surface area is 178 Å². The van der Waals surface area contributed by atoms with Crippen molar-refractivity contribution in [1.29, 1.82) is 5.26 Å².